The predicted molar refractivity (Wildman–Crippen MR) is 73.2 cm³/mol. The summed E-state index contributed by atoms with van der Waals surface area (Å²) in [7, 11) is 0. The first kappa shape index (κ1) is 12.6. The molecule has 0 aromatic heterocycles. The molecule has 0 spiro atoms. The summed E-state index contributed by atoms with van der Waals surface area (Å²) >= 11 is 0. The average Bonchev–Trinajstić information content (AvgIpc) is 2.38. The van der Waals surface area contributed by atoms with Crippen molar-refractivity contribution < 1.29 is 0 Å². The lowest BCUT2D eigenvalue weighted by Gasteiger charge is -2.25. The molecule has 0 saturated carbocycles. The molecule has 2 N–H and O–H groups in total. The van der Waals surface area contributed by atoms with Gasteiger partial charge in [-0.1, -0.05) is 29.8 Å². The van der Waals surface area contributed by atoms with Crippen LogP contribution in [0.3, 0.4) is 0 Å². The quantitative estimate of drug-likeness (QED) is 0.834. The second-order valence-electron chi connectivity index (χ2n) is 5.25. The van der Waals surface area contributed by atoms with E-state index in [4.69, 9.17) is 0 Å². The Morgan fingerprint density at radius 2 is 2.12 bits per heavy atom. The Morgan fingerprint density at radius 3 is 2.76 bits per heavy atom. The molecule has 0 radical (unpaired) electrons. The predicted octanol–water partition coefficient (Wildman–Crippen LogP) is 2.65. The largest absolute Gasteiger partial charge is 0.316 e. The van der Waals surface area contributed by atoms with Gasteiger partial charge in [0.1, 0.15) is 0 Å². The molecule has 0 amide bonds. The molecule has 2 nitrogen and oxygen atoms in total. The monoisotopic (exact) mass is 232 g/mol. The van der Waals surface area contributed by atoms with Gasteiger partial charge in [0.15, 0.2) is 0 Å². The Morgan fingerprint density at radius 1 is 1.35 bits per heavy atom. The highest BCUT2D eigenvalue weighted by Gasteiger charge is 2.14. The summed E-state index contributed by atoms with van der Waals surface area (Å²) in [6.45, 7) is 7.89. The Kier molecular flexibility index (Phi) is 4.57. The van der Waals surface area contributed by atoms with Gasteiger partial charge in [-0.2, -0.15) is 0 Å². The summed E-state index contributed by atoms with van der Waals surface area (Å²) in [4.78, 5) is 0. The fourth-order valence-electron chi connectivity index (χ4n) is 2.41. The van der Waals surface area contributed by atoms with Crippen LogP contribution in [0.15, 0.2) is 24.3 Å². The van der Waals surface area contributed by atoms with Gasteiger partial charge >= 0.3 is 0 Å². The van der Waals surface area contributed by atoms with Gasteiger partial charge in [0.25, 0.3) is 0 Å². The van der Waals surface area contributed by atoms with E-state index < -0.39 is 0 Å². The van der Waals surface area contributed by atoms with E-state index in [1.54, 1.807) is 0 Å². The Bertz CT molecular complexity index is 325. The van der Waals surface area contributed by atoms with Crippen molar-refractivity contribution in [2.24, 2.45) is 5.92 Å². The fourth-order valence-corrected chi connectivity index (χ4v) is 2.41. The van der Waals surface area contributed by atoms with Crippen molar-refractivity contribution in [2.75, 3.05) is 19.6 Å². The number of nitrogens with one attached hydrogen (secondary N) is 2. The van der Waals surface area contributed by atoms with E-state index in [9.17, 15) is 0 Å². The van der Waals surface area contributed by atoms with E-state index in [2.05, 4.69) is 48.7 Å². The van der Waals surface area contributed by atoms with Gasteiger partial charge in [-0.3, -0.25) is 0 Å². The van der Waals surface area contributed by atoms with Crippen LogP contribution >= 0.6 is 0 Å². The first-order chi connectivity index (χ1) is 8.25. The lowest BCUT2D eigenvalue weighted by atomic mass is 9.98. The first-order valence-electron chi connectivity index (χ1n) is 6.76. The number of aryl methyl sites for hydroxylation is 1. The van der Waals surface area contributed by atoms with Crippen molar-refractivity contribution in [1.82, 2.24) is 10.6 Å². The highest BCUT2D eigenvalue weighted by atomic mass is 14.9. The lowest BCUT2D eigenvalue weighted by molar-refractivity contribution is 0.348. The molecular weight excluding hydrogens is 208 g/mol. The van der Waals surface area contributed by atoms with Crippen LogP contribution in [0.2, 0.25) is 0 Å². The Labute approximate surface area is 105 Å². The van der Waals surface area contributed by atoms with Crippen LogP contribution in [0.1, 0.15) is 36.9 Å². The fraction of sp³-hybridized carbons (Fsp3) is 0.600. The number of hydrogen-bond acceptors (Lipinski definition) is 2. The molecule has 0 aliphatic carbocycles. The molecular formula is C15H24N2. The SMILES string of the molecule is Cc1ccc(C(C)NCC2CCCNC2)cc1. The number of rotatable bonds is 4. The maximum Gasteiger partial charge on any atom is 0.0291 e. The van der Waals surface area contributed by atoms with E-state index >= 15 is 0 Å². The number of piperidine rings is 1. The van der Waals surface area contributed by atoms with Crippen molar-refractivity contribution >= 4 is 0 Å². The second-order valence-corrected chi connectivity index (χ2v) is 5.25. The summed E-state index contributed by atoms with van der Waals surface area (Å²) in [5, 5.41) is 7.11. The normalized spacial score (nSPS) is 22.4. The van der Waals surface area contributed by atoms with Crippen molar-refractivity contribution in [2.45, 2.75) is 32.7 Å². The van der Waals surface area contributed by atoms with Crippen molar-refractivity contribution in [3.63, 3.8) is 0 Å². The van der Waals surface area contributed by atoms with Gasteiger partial charge in [0.2, 0.25) is 0 Å². The molecule has 2 atom stereocenters. The first-order valence-corrected chi connectivity index (χ1v) is 6.76. The lowest BCUT2D eigenvalue weighted by Crippen LogP contribution is -2.36. The molecule has 0 bridgehead atoms. The second kappa shape index (κ2) is 6.18. The molecule has 2 rings (SSSR count). The number of hydrogen-bond donors (Lipinski definition) is 2. The zero-order valence-electron chi connectivity index (χ0n) is 11.0. The van der Waals surface area contributed by atoms with E-state index in [-0.39, 0.29) is 0 Å². The minimum Gasteiger partial charge on any atom is -0.316 e. The molecule has 1 aromatic rings. The van der Waals surface area contributed by atoms with E-state index in [1.165, 1.54) is 37.1 Å². The zero-order chi connectivity index (χ0) is 12.1. The summed E-state index contributed by atoms with van der Waals surface area (Å²) in [6.07, 6.45) is 2.69. The van der Waals surface area contributed by atoms with Gasteiger partial charge < -0.3 is 10.6 Å². The Balaban J connectivity index is 1.80. The van der Waals surface area contributed by atoms with Crippen LogP contribution in [0, 0.1) is 12.8 Å². The topological polar surface area (TPSA) is 24.1 Å². The zero-order valence-corrected chi connectivity index (χ0v) is 11.0. The standard InChI is InChI=1S/C15H24N2/c1-12-5-7-15(8-6-12)13(2)17-11-14-4-3-9-16-10-14/h5-8,13-14,16-17H,3-4,9-11H2,1-2H3. The summed E-state index contributed by atoms with van der Waals surface area (Å²) in [5.41, 5.74) is 2.72. The van der Waals surface area contributed by atoms with Gasteiger partial charge in [-0.15, -0.1) is 0 Å². The smallest absolute Gasteiger partial charge is 0.0291 e. The molecule has 94 valence electrons. The maximum atomic E-state index is 3.65. The van der Waals surface area contributed by atoms with Crippen molar-refractivity contribution in [1.29, 1.82) is 0 Å². The molecule has 2 heteroatoms. The van der Waals surface area contributed by atoms with E-state index in [0.717, 1.165) is 12.5 Å². The molecule has 1 aliphatic rings. The summed E-state index contributed by atoms with van der Waals surface area (Å²) < 4.78 is 0. The van der Waals surface area contributed by atoms with Gasteiger partial charge in [-0.25, -0.2) is 0 Å². The van der Waals surface area contributed by atoms with Crippen LogP contribution in [0.25, 0.3) is 0 Å². The number of benzene rings is 1. The minimum atomic E-state index is 0.456. The average molecular weight is 232 g/mol. The van der Waals surface area contributed by atoms with Crippen LogP contribution in [-0.2, 0) is 0 Å². The molecule has 1 aliphatic heterocycles. The van der Waals surface area contributed by atoms with Crippen LogP contribution in [0.5, 0.6) is 0 Å². The van der Waals surface area contributed by atoms with Gasteiger partial charge in [0.05, 0.1) is 0 Å². The molecule has 17 heavy (non-hydrogen) atoms. The van der Waals surface area contributed by atoms with Crippen LogP contribution in [-0.4, -0.2) is 19.6 Å². The summed E-state index contributed by atoms with van der Waals surface area (Å²) in [6, 6.07) is 9.29. The van der Waals surface area contributed by atoms with Crippen LogP contribution in [0.4, 0.5) is 0 Å². The van der Waals surface area contributed by atoms with Crippen molar-refractivity contribution in [3.05, 3.63) is 35.4 Å². The molecule has 1 heterocycles. The van der Waals surface area contributed by atoms with Crippen molar-refractivity contribution in [3.8, 4) is 0 Å². The minimum absolute atomic E-state index is 0.456. The third-order valence-electron chi connectivity index (χ3n) is 3.69. The molecule has 2 unspecified atom stereocenters. The maximum absolute atomic E-state index is 3.65. The molecule has 1 aromatic carbocycles. The van der Waals surface area contributed by atoms with Crippen LogP contribution < -0.4 is 10.6 Å². The van der Waals surface area contributed by atoms with Gasteiger partial charge in [0, 0.05) is 6.04 Å². The highest BCUT2D eigenvalue weighted by molar-refractivity contribution is 5.23. The summed E-state index contributed by atoms with van der Waals surface area (Å²) in [5.74, 6) is 0.802. The highest BCUT2D eigenvalue weighted by Crippen LogP contribution is 2.15. The molecule has 1 saturated heterocycles. The third kappa shape index (κ3) is 3.83. The van der Waals surface area contributed by atoms with E-state index in [1.807, 2.05) is 0 Å². The third-order valence-corrected chi connectivity index (χ3v) is 3.69. The van der Waals surface area contributed by atoms with E-state index in [0.29, 0.717) is 6.04 Å². The Hall–Kier alpha value is -0.860. The molecule has 1 fully saturated rings. The van der Waals surface area contributed by atoms with Gasteiger partial charge in [-0.05, 0) is 57.8 Å².